The molecule has 1 fully saturated rings. The summed E-state index contributed by atoms with van der Waals surface area (Å²) < 4.78 is 47.8. The van der Waals surface area contributed by atoms with E-state index in [1.54, 1.807) is 0 Å². The van der Waals surface area contributed by atoms with Crippen LogP contribution in [0.2, 0.25) is 0 Å². The monoisotopic (exact) mass is 495 g/mol. The minimum atomic E-state index is -4.41. The Labute approximate surface area is 192 Å². The highest BCUT2D eigenvalue weighted by Crippen LogP contribution is 2.34. The van der Waals surface area contributed by atoms with E-state index >= 15 is 0 Å². The molecule has 0 saturated carbocycles. The van der Waals surface area contributed by atoms with Gasteiger partial charge in [0, 0.05) is 25.4 Å². The van der Waals surface area contributed by atoms with Gasteiger partial charge in [0.2, 0.25) is 3.79 Å². The van der Waals surface area contributed by atoms with Crippen molar-refractivity contribution in [3.05, 3.63) is 65.7 Å². The molecule has 2 aromatic rings. The lowest BCUT2D eigenvalue weighted by atomic mass is 9.88. The Kier molecular flexibility index (Phi) is 7.50. The molecule has 31 heavy (non-hydrogen) atoms. The second-order valence-electron chi connectivity index (χ2n) is 7.10. The normalized spacial score (nSPS) is 19.7. The predicted molar refractivity (Wildman–Crippen MR) is 113 cm³/mol. The number of benzene rings is 2. The van der Waals surface area contributed by atoms with Gasteiger partial charge in [-0.2, -0.15) is 13.2 Å². The van der Waals surface area contributed by atoms with E-state index in [9.17, 15) is 18.0 Å². The Balaban J connectivity index is 1.74. The zero-order chi connectivity index (χ0) is 22.6. The maximum atomic E-state index is 12.8. The molecule has 1 aliphatic rings. The number of hydrogen-bond acceptors (Lipinski definition) is 3. The fourth-order valence-electron chi connectivity index (χ4n) is 3.39. The van der Waals surface area contributed by atoms with E-state index in [1.807, 2.05) is 30.3 Å². The van der Waals surface area contributed by atoms with Gasteiger partial charge in [-0.15, -0.1) is 0 Å². The number of nitrogens with zero attached hydrogens (tertiary/aromatic N) is 1. The summed E-state index contributed by atoms with van der Waals surface area (Å²) in [6, 6.07) is 14.0. The Hall–Kier alpha value is -1.83. The van der Waals surface area contributed by atoms with E-state index in [-0.39, 0.29) is 25.2 Å². The van der Waals surface area contributed by atoms with Gasteiger partial charge in [0.05, 0.1) is 5.56 Å². The first-order chi connectivity index (χ1) is 14.5. The summed E-state index contributed by atoms with van der Waals surface area (Å²) in [5.74, 6) is 0.101. The number of alkyl halides is 6. The Morgan fingerprint density at radius 1 is 1.03 bits per heavy atom. The van der Waals surface area contributed by atoms with E-state index in [0.29, 0.717) is 18.7 Å². The van der Waals surface area contributed by atoms with Crippen molar-refractivity contribution in [1.29, 1.82) is 0 Å². The number of rotatable bonds is 4. The third kappa shape index (κ3) is 6.82. The van der Waals surface area contributed by atoms with Crippen LogP contribution in [0.3, 0.4) is 0 Å². The predicted octanol–water partition coefficient (Wildman–Crippen LogP) is 6.45. The molecule has 1 amide bonds. The fourth-order valence-corrected chi connectivity index (χ4v) is 3.55. The molecular weight excluding hydrogens is 478 g/mol. The maximum Gasteiger partial charge on any atom is 0.416 e. The van der Waals surface area contributed by atoms with Crippen molar-refractivity contribution >= 4 is 40.9 Å². The molecule has 1 saturated heterocycles. The van der Waals surface area contributed by atoms with Crippen molar-refractivity contribution in [2.75, 3.05) is 19.7 Å². The summed E-state index contributed by atoms with van der Waals surface area (Å²) in [5.41, 5.74) is 0.185. The molecule has 0 radical (unpaired) electrons. The molecule has 2 atom stereocenters. The summed E-state index contributed by atoms with van der Waals surface area (Å²) in [5, 5.41) is 0. The minimum Gasteiger partial charge on any atom is -0.490 e. The lowest BCUT2D eigenvalue weighted by Gasteiger charge is -2.38. The smallest absolute Gasteiger partial charge is 0.416 e. The number of carbonyl (C=O) groups excluding carboxylic acids is 1. The minimum absolute atomic E-state index is 0.224. The van der Waals surface area contributed by atoms with Crippen LogP contribution in [0.1, 0.15) is 23.5 Å². The zero-order valence-corrected chi connectivity index (χ0v) is 18.4. The number of carbonyl (C=O) groups is 1. The van der Waals surface area contributed by atoms with E-state index in [4.69, 9.17) is 44.3 Å². The Morgan fingerprint density at radius 3 is 2.26 bits per heavy atom. The first-order valence-corrected chi connectivity index (χ1v) is 10.5. The van der Waals surface area contributed by atoms with E-state index in [0.717, 1.165) is 17.7 Å². The van der Waals surface area contributed by atoms with Crippen molar-refractivity contribution < 1.29 is 27.4 Å². The summed E-state index contributed by atoms with van der Waals surface area (Å²) in [6.07, 6.45) is -4.93. The first-order valence-electron chi connectivity index (χ1n) is 9.40. The summed E-state index contributed by atoms with van der Waals surface area (Å²) in [6.45, 7) is 0.232. The van der Waals surface area contributed by atoms with Crippen molar-refractivity contribution in [3.63, 3.8) is 0 Å². The molecule has 0 bridgehead atoms. The van der Waals surface area contributed by atoms with Gasteiger partial charge in [-0.3, -0.25) is 0 Å². The van der Waals surface area contributed by atoms with E-state index in [2.05, 4.69) is 0 Å². The van der Waals surface area contributed by atoms with Crippen LogP contribution in [0.4, 0.5) is 18.0 Å². The van der Waals surface area contributed by atoms with Gasteiger partial charge in [0.1, 0.15) is 18.5 Å². The molecule has 0 spiro atoms. The molecule has 1 aliphatic heterocycles. The average Bonchev–Trinajstić information content (AvgIpc) is 2.72. The molecule has 168 valence electrons. The Bertz CT molecular complexity index is 873. The molecule has 0 aromatic heterocycles. The molecule has 3 rings (SSSR count). The van der Waals surface area contributed by atoms with Crippen molar-refractivity contribution in [1.82, 2.24) is 4.90 Å². The Morgan fingerprint density at radius 2 is 1.68 bits per heavy atom. The number of halogens is 6. The summed E-state index contributed by atoms with van der Waals surface area (Å²) >= 11 is 16.9. The van der Waals surface area contributed by atoms with Crippen LogP contribution in [0, 0.1) is 0 Å². The van der Waals surface area contributed by atoms with Crippen LogP contribution in [-0.4, -0.2) is 40.6 Å². The second kappa shape index (κ2) is 9.76. The standard InChI is InChI=1S/C21H19Cl3F3NO3/c22-20(23,24)13-30-19(29)28-11-10-18(17(12-28)14-4-2-1-3-5-14)31-16-8-6-15(7-9-16)21(25,26)27/h1-9,17-18H,10-13H2/t17-,18-/m1/s1. The van der Waals surface area contributed by atoms with Gasteiger partial charge in [0.15, 0.2) is 0 Å². The van der Waals surface area contributed by atoms with Crippen LogP contribution in [0.25, 0.3) is 0 Å². The highest BCUT2D eigenvalue weighted by atomic mass is 35.6. The number of piperidine rings is 1. The molecule has 0 N–H and O–H groups in total. The fraction of sp³-hybridized carbons (Fsp3) is 0.381. The molecule has 1 heterocycles. The molecule has 0 aliphatic carbocycles. The second-order valence-corrected chi connectivity index (χ2v) is 9.62. The van der Waals surface area contributed by atoms with Gasteiger partial charge in [-0.25, -0.2) is 4.79 Å². The highest BCUT2D eigenvalue weighted by molar-refractivity contribution is 6.67. The molecule has 4 nitrogen and oxygen atoms in total. The van der Waals surface area contributed by atoms with Crippen LogP contribution in [0.15, 0.2) is 54.6 Å². The SMILES string of the molecule is O=C(OCC(Cl)(Cl)Cl)N1CC[C@@H](Oc2ccc(C(F)(F)F)cc2)[C@@H](c2ccccc2)C1. The van der Waals surface area contributed by atoms with Crippen LogP contribution >= 0.6 is 34.8 Å². The molecule has 2 aromatic carbocycles. The van der Waals surface area contributed by atoms with E-state index < -0.39 is 21.6 Å². The van der Waals surface area contributed by atoms with Gasteiger partial charge >= 0.3 is 12.3 Å². The largest absolute Gasteiger partial charge is 0.490 e. The van der Waals surface area contributed by atoms with Crippen molar-refractivity contribution in [2.24, 2.45) is 0 Å². The third-order valence-electron chi connectivity index (χ3n) is 4.86. The van der Waals surface area contributed by atoms with Gasteiger partial charge in [-0.05, 0) is 29.8 Å². The molecule has 10 heteroatoms. The number of amides is 1. The topological polar surface area (TPSA) is 38.8 Å². The lowest BCUT2D eigenvalue weighted by molar-refractivity contribution is -0.137. The first kappa shape index (κ1) is 23.8. The highest BCUT2D eigenvalue weighted by Gasteiger charge is 2.36. The number of hydrogen-bond donors (Lipinski definition) is 0. The quantitative estimate of drug-likeness (QED) is 0.457. The summed E-state index contributed by atoms with van der Waals surface area (Å²) in [7, 11) is 0. The van der Waals surface area contributed by atoms with Gasteiger partial charge in [-0.1, -0.05) is 65.1 Å². The van der Waals surface area contributed by atoms with Gasteiger partial charge in [0.25, 0.3) is 0 Å². The average molecular weight is 497 g/mol. The zero-order valence-electron chi connectivity index (χ0n) is 16.1. The van der Waals surface area contributed by atoms with Crippen molar-refractivity contribution in [3.8, 4) is 5.75 Å². The molecule has 0 unspecified atom stereocenters. The van der Waals surface area contributed by atoms with E-state index in [1.165, 1.54) is 17.0 Å². The lowest BCUT2D eigenvalue weighted by Crippen LogP contribution is -2.47. The molecular formula is C21H19Cl3F3NO3. The number of ether oxygens (including phenoxy) is 2. The summed E-state index contributed by atoms with van der Waals surface area (Å²) in [4.78, 5) is 13.9. The number of likely N-dealkylation sites (tertiary alicyclic amines) is 1. The van der Waals surface area contributed by atoms with Crippen LogP contribution in [-0.2, 0) is 10.9 Å². The maximum absolute atomic E-state index is 12.8. The van der Waals surface area contributed by atoms with Crippen LogP contribution < -0.4 is 4.74 Å². The third-order valence-corrected chi connectivity index (χ3v) is 5.19. The van der Waals surface area contributed by atoms with Crippen LogP contribution in [0.5, 0.6) is 5.75 Å². The van der Waals surface area contributed by atoms with Gasteiger partial charge < -0.3 is 14.4 Å². The van der Waals surface area contributed by atoms with Crippen molar-refractivity contribution in [2.45, 2.75) is 28.4 Å².